The molecule has 3 nitrogen and oxygen atoms in total. The second kappa shape index (κ2) is 5.76. The lowest BCUT2D eigenvalue weighted by Gasteiger charge is -2.14. The topological polar surface area (TPSA) is 34.9 Å². The van der Waals surface area contributed by atoms with Crippen LogP contribution in [0.2, 0.25) is 0 Å². The van der Waals surface area contributed by atoms with Crippen molar-refractivity contribution >= 4 is 34.3 Å². The minimum atomic E-state index is -0.274. The van der Waals surface area contributed by atoms with Gasteiger partial charge in [0.05, 0.1) is 16.3 Å². The van der Waals surface area contributed by atoms with Crippen molar-refractivity contribution < 1.29 is 0 Å². The van der Waals surface area contributed by atoms with Crippen molar-refractivity contribution in [3.63, 3.8) is 0 Å². The smallest absolute Gasteiger partial charge is 0.261 e. The number of hydrogen-bond donors (Lipinski definition) is 0. The zero-order valence-electron chi connectivity index (χ0n) is 10.4. The number of rotatable bonds is 4. The highest BCUT2D eigenvalue weighted by Crippen LogP contribution is 2.18. The van der Waals surface area contributed by atoms with Gasteiger partial charge in [-0.25, -0.2) is 4.98 Å². The van der Waals surface area contributed by atoms with Crippen LogP contribution in [0.5, 0.6) is 0 Å². The van der Waals surface area contributed by atoms with E-state index in [-0.39, 0.29) is 10.9 Å². The quantitative estimate of drug-likeness (QED) is 0.809. The summed E-state index contributed by atoms with van der Waals surface area (Å²) in [5, 5.41) is 0.379. The zero-order chi connectivity index (χ0) is 13.1. The maximum absolute atomic E-state index is 12.4. The number of nitrogens with zero attached hydrogens (tertiary/aromatic N) is 2. The molecule has 1 heterocycles. The van der Waals surface area contributed by atoms with Gasteiger partial charge in [0.25, 0.3) is 5.56 Å². The first-order valence-electron chi connectivity index (χ1n) is 5.77. The molecular formula is C13H15ClN2OS. The van der Waals surface area contributed by atoms with Crippen LogP contribution < -0.4 is 5.56 Å². The highest BCUT2D eigenvalue weighted by Gasteiger charge is 2.14. The second-order valence-electron chi connectivity index (χ2n) is 4.05. The third-order valence-electron chi connectivity index (χ3n) is 2.77. The molecule has 0 spiro atoms. The summed E-state index contributed by atoms with van der Waals surface area (Å²) in [7, 11) is 0. The first-order valence-corrected chi connectivity index (χ1v) is 7.60. The van der Waals surface area contributed by atoms with E-state index in [1.54, 1.807) is 16.3 Å². The van der Waals surface area contributed by atoms with Crippen molar-refractivity contribution in [2.45, 2.75) is 18.8 Å². The third kappa shape index (κ3) is 2.54. The number of para-hydroxylation sites is 1. The van der Waals surface area contributed by atoms with E-state index in [0.717, 1.165) is 5.75 Å². The largest absolute Gasteiger partial charge is 0.294 e. The molecule has 0 saturated carbocycles. The van der Waals surface area contributed by atoms with Crippen LogP contribution in [0, 0.1) is 0 Å². The van der Waals surface area contributed by atoms with Gasteiger partial charge in [0.15, 0.2) is 0 Å². The van der Waals surface area contributed by atoms with Gasteiger partial charge < -0.3 is 0 Å². The summed E-state index contributed by atoms with van der Waals surface area (Å²) < 4.78 is 1.69. The van der Waals surface area contributed by atoms with E-state index in [2.05, 4.69) is 4.98 Å². The Morgan fingerprint density at radius 1 is 1.44 bits per heavy atom. The zero-order valence-corrected chi connectivity index (χ0v) is 12.0. The van der Waals surface area contributed by atoms with E-state index in [1.807, 2.05) is 37.4 Å². The molecule has 0 amide bonds. The Balaban J connectivity index is 2.67. The standard InChI is InChI=1S/C13H15ClN2OS/c1-9(14)12-15-11-6-4-3-5-10(11)13(17)16(12)7-8-18-2/h3-6,9H,7-8H2,1-2H3. The van der Waals surface area contributed by atoms with Crippen LogP contribution in [-0.2, 0) is 6.54 Å². The van der Waals surface area contributed by atoms with E-state index in [1.165, 1.54) is 0 Å². The third-order valence-corrected chi connectivity index (χ3v) is 3.55. The molecule has 5 heteroatoms. The van der Waals surface area contributed by atoms with Gasteiger partial charge in [0.2, 0.25) is 0 Å². The van der Waals surface area contributed by atoms with Crippen LogP contribution in [0.15, 0.2) is 29.1 Å². The molecule has 2 rings (SSSR count). The maximum atomic E-state index is 12.4. The van der Waals surface area contributed by atoms with Crippen molar-refractivity contribution in [2.75, 3.05) is 12.0 Å². The van der Waals surface area contributed by atoms with E-state index in [4.69, 9.17) is 11.6 Å². The number of thioether (sulfide) groups is 1. The molecule has 0 aliphatic heterocycles. The van der Waals surface area contributed by atoms with Gasteiger partial charge >= 0.3 is 0 Å². The normalized spacial score (nSPS) is 12.8. The van der Waals surface area contributed by atoms with Crippen LogP contribution in [0.1, 0.15) is 18.1 Å². The minimum Gasteiger partial charge on any atom is -0.294 e. The lowest BCUT2D eigenvalue weighted by molar-refractivity contribution is 0.661. The molecule has 18 heavy (non-hydrogen) atoms. The van der Waals surface area contributed by atoms with Gasteiger partial charge in [0.1, 0.15) is 5.82 Å². The van der Waals surface area contributed by atoms with Gasteiger partial charge in [-0.05, 0) is 25.3 Å². The molecule has 0 fully saturated rings. The average molecular weight is 283 g/mol. The van der Waals surface area contributed by atoms with Gasteiger partial charge in [0, 0.05) is 12.3 Å². The Bertz CT molecular complexity index is 609. The Labute approximate surface area is 115 Å². The van der Waals surface area contributed by atoms with E-state index >= 15 is 0 Å². The molecule has 0 bridgehead atoms. The SMILES string of the molecule is CSCCn1c(C(C)Cl)nc2ccccc2c1=O. The predicted octanol–water partition coefficient (Wildman–Crippen LogP) is 3.06. The molecule has 2 aromatic rings. The number of alkyl halides is 1. The average Bonchev–Trinajstić information content (AvgIpc) is 2.37. The van der Waals surface area contributed by atoms with E-state index in [9.17, 15) is 4.79 Å². The predicted molar refractivity (Wildman–Crippen MR) is 78.7 cm³/mol. The summed E-state index contributed by atoms with van der Waals surface area (Å²) in [5.41, 5.74) is 0.711. The highest BCUT2D eigenvalue weighted by atomic mass is 35.5. The van der Waals surface area contributed by atoms with Crippen LogP contribution >= 0.6 is 23.4 Å². The first-order chi connectivity index (χ1) is 8.65. The molecular weight excluding hydrogens is 268 g/mol. The summed E-state index contributed by atoms with van der Waals surface area (Å²) in [6.45, 7) is 2.48. The van der Waals surface area contributed by atoms with Crippen molar-refractivity contribution in [2.24, 2.45) is 0 Å². The first kappa shape index (κ1) is 13.4. The Kier molecular flexibility index (Phi) is 4.30. The van der Waals surface area contributed by atoms with Gasteiger partial charge in [-0.15, -0.1) is 11.6 Å². The lowest BCUT2D eigenvalue weighted by Crippen LogP contribution is -2.26. The number of aromatic nitrogens is 2. The minimum absolute atomic E-state index is 0.00264. The molecule has 96 valence electrons. The fourth-order valence-corrected chi connectivity index (χ4v) is 2.42. The van der Waals surface area contributed by atoms with Crippen molar-refractivity contribution in [1.29, 1.82) is 0 Å². The van der Waals surface area contributed by atoms with E-state index < -0.39 is 0 Å². The molecule has 1 aromatic carbocycles. The van der Waals surface area contributed by atoms with Crippen LogP contribution in [0.4, 0.5) is 0 Å². The monoisotopic (exact) mass is 282 g/mol. The Morgan fingerprint density at radius 3 is 2.83 bits per heavy atom. The Hall–Kier alpha value is -1.00. The second-order valence-corrected chi connectivity index (χ2v) is 5.69. The molecule has 1 unspecified atom stereocenters. The fraction of sp³-hybridized carbons (Fsp3) is 0.385. The number of fused-ring (bicyclic) bond motifs is 1. The maximum Gasteiger partial charge on any atom is 0.261 e. The summed E-state index contributed by atoms with van der Waals surface area (Å²) in [5.74, 6) is 1.52. The van der Waals surface area contributed by atoms with Gasteiger partial charge in [-0.2, -0.15) is 11.8 Å². The van der Waals surface area contributed by atoms with Crippen LogP contribution in [0.25, 0.3) is 10.9 Å². The molecule has 0 aliphatic carbocycles. The molecule has 0 saturated heterocycles. The van der Waals surface area contributed by atoms with Crippen LogP contribution in [0.3, 0.4) is 0 Å². The van der Waals surface area contributed by atoms with Crippen LogP contribution in [-0.4, -0.2) is 21.6 Å². The number of halogens is 1. The molecule has 0 aliphatic rings. The summed E-state index contributed by atoms with van der Waals surface area (Å²) >= 11 is 7.83. The Morgan fingerprint density at radius 2 is 2.17 bits per heavy atom. The van der Waals surface area contributed by atoms with Gasteiger partial charge in [-0.1, -0.05) is 12.1 Å². The highest BCUT2D eigenvalue weighted by molar-refractivity contribution is 7.98. The molecule has 1 atom stereocenters. The number of hydrogen-bond acceptors (Lipinski definition) is 3. The van der Waals surface area contributed by atoms with E-state index in [0.29, 0.717) is 23.3 Å². The lowest BCUT2D eigenvalue weighted by atomic mass is 10.2. The molecule has 0 radical (unpaired) electrons. The summed E-state index contributed by atoms with van der Waals surface area (Å²) in [4.78, 5) is 16.9. The fourth-order valence-electron chi connectivity index (χ4n) is 1.89. The molecule has 0 N–H and O–H groups in total. The van der Waals surface area contributed by atoms with Crippen molar-refractivity contribution in [1.82, 2.24) is 9.55 Å². The van der Waals surface area contributed by atoms with Crippen molar-refractivity contribution in [3.8, 4) is 0 Å². The molecule has 1 aromatic heterocycles. The summed E-state index contributed by atoms with van der Waals surface area (Å²) in [6, 6.07) is 7.39. The van der Waals surface area contributed by atoms with Crippen molar-refractivity contribution in [3.05, 3.63) is 40.4 Å². The summed E-state index contributed by atoms with van der Waals surface area (Å²) in [6.07, 6.45) is 2.02. The van der Waals surface area contributed by atoms with Gasteiger partial charge in [-0.3, -0.25) is 9.36 Å². The number of benzene rings is 1.